The molecule has 0 radical (unpaired) electrons. The summed E-state index contributed by atoms with van der Waals surface area (Å²) < 4.78 is 5.46. The maximum absolute atomic E-state index is 12.7. The monoisotopic (exact) mass is 365 g/mol. The Morgan fingerprint density at radius 1 is 1.36 bits per heavy atom. The fraction of sp³-hybridized carbons (Fsp3) is 0.286. The topological polar surface area (TPSA) is 88.1 Å². The summed E-state index contributed by atoms with van der Waals surface area (Å²) in [5, 5.41) is 3.82. The van der Waals surface area contributed by atoms with Crippen molar-refractivity contribution in [1.82, 2.24) is 5.43 Å². The number of esters is 1. The van der Waals surface area contributed by atoms with Crippen LogP contribution in [0.1, 0.15) is 6.92 Å². The predicted octanol–water partition coefficient (Wildman–Crippen LogP) is 0.829. The fourth-order valence-electron chi connectivity index (χ4n) is 2.68. The van der Waals surface area contributed by atoms with Crippen molar-refractivity contribution >= 4 is 45.1 Å². The Balaban J connectivity index is 2.03. The normalized spacial score (nSPS) is 26.6. The molecule has 2 amide bonds. The van der Waals surface area contributed by atoms with Gasteiger partial charge in [0, 0.05) is 4.47 Å². The number of carbonyl (C=O) groups excluding carboxylic acids is 3. The van der Waals surface area contributed by atoms with Gasteiger partial charge in [0.25, 0.3) is 5.91 Å². The molecule has 0 saturated carbocycles. The second-order valence-electron chi connectivity index (χ2n) is 5.19. The summed E-state index contributed by atoms with van der Waals surface area (Å²) in [4.78, 5) is 38.2. The molecule has 0 spiro atoms. The number of hydrogen-bond acceptors (Lipinski definition) is 6. The number of ether oxygens (including phenoxy) is 1. The Labute approximate surface area is 134 Å². The molecule has 1 fully saturated rings. The van der Waals surface area contributed by atoms with Crippen LogP contribution in [0.4, 0.5) is 5.69 Å². The lowest BCUT2D eigenvalue weighted by Crippen LogP contribution is -2.48. The first-order chi connectivity index (χ1) is 10.4. The highest BCUT2D eigenvalue weighted by Gasteiger charge is 2.63. The Morgan fingerprint density at radius 2 is 2.00 bits per heavy atom. The van der Waals surface area contributed by atoms with Crippen molar-refractivity contribution in [2.45, 2.75) is 12.5 Å². The molecule has 2 unspecified atom stereocenters. The van der Waals surface area contributed by atoms with Gasteiger partial charge in [-0.3, -0.25) is 15.0 Å². The van der Waals surface area contributed by atoms with Gasteiger partial charge in [-0.1, -0.05) is 15.9 Å². The molecule has 1 aromatic carbocycles. The smallest absolute Gasteiger partial charge is 0.355 e. The number of halogens is 1. The van der Waals surface area contributed by atoms with E-state index >= 15 is 0 Å². The Kier molecular flexibility index (Phi) is 3.28. The van der Waals surface area contributed by atoms with Crippen LogP contribution >= 0.6 is 15.9 Å². The second kappa shape index (κ2) is 4.91. The molecule has 22 heavy (non-hydrogen) atoms. The highest BCUT2D eigenvalue weighted by atomic mass is 79.9. The lowest BCUT2D eigenvalue weighted by molar-refractivity contribution is -0.133. The lowest BCUT2D eigenvalue weighted by Gasteiger charge is -2.20. The van der Waals surface area contributed by atoms with Gasteiger partial charge in [-0.2, -0.15) is 5.10 Å². The number of benzene rings is 1. The standard InChI is InChI=1S/C14H12BrN3O4/c1-14-9(10(16-17-14)12(20)22-2)11(19)18(13(14)21)8-5-3-7(15)4-6-8/h3-6,9,17H,1-2H3. The summed E-state index contributed by atoms with van der Waals surface area (Å²) in [7, 11) is 1.20. The second-order valence-corrected chi connectivity index (χ2v) is 6.11. The van der Waals surface area contributed by atoms with Crippen molar-refractivity contribution in [2.75, 3.05) is 12.0 Å². The summed E-state index contributed by atoms with van der Waals surface area (Å²) >= 11 is 3.30. The average molecular weight is 366 g/mol. The lowest BCUT2D eigenvalue weighted by atomic mass is 9.86. The maximum atomic E-state index is 12.7. The van der Waals surface area contributed by atoms with Gasteiger partial charge in [0.15, 0.2) is 5.71 Å². The third-order valence-corrected chi connectivity index (χ3v) is 4.38. The Morgan fingerprint density at radius 3 is 2.59 bits per heavy atom. The zero-order chi connectivity index (χ0) is 16.1. The minimum absolute atomic E-state index is 0.0806. The minimum atomic E-state index is -1.27. The zero-order valence-electron chi connectivity index (χ0n) is 11.8. The summed E-state index contributed by atoms with van der Waals surface area (Å²) in [5.74, 6) is -2.66. The number of nitrogens with one attached hydrogen (secondary N) is 1. The Hall–Kier alpha value is -2.22. The van der Waals surface area contributed by atoms with Crippen LogP contribution in [-0.2, 0) is 19.1 Å². The molecule has 7 nitrogen and oxygen atoms in total. The molecular weight excluding hydrogens is 354 g/mol. The van der Waals surface area contributed by atoms with E-state index in [-0.39, 0.29) is 5.71 Å². The van der Waals surface area contributed by atoms with Crippen LogP contribution in [0.5, 0.6) is 0 Å². The molecule has 1 N–H and O–H groups in total. The van der Waals surface area contributed by atoms with Gasteiger partial charge in [0.05, 0.1) is 12.8 Å². The first kappa shape index (κ1) is 14.7. The average Bonchev–Trinajstić information content (AvgIpc) is 2.95. The molecule has 114 valence electrons. The third-order valence-electron chi connectivity index (χ3n) is 3.85. The van der Waals surface area contributed by atoms with E-state index in [2.05, 4.69) is 31.2 Å². The van der Waals surface area contributed by atoms with E-state index in [1.54, 1.807) is 31.2 Å². The molecule has 0 bridgehead atoms. The van der Waals surface area contributed by atoms with Crippen molar-refractivity contribution < 1.29 is 19.1 Å². The van der Waals surface area contributed by atoms with E-state index in [0.29, 0.717) is 5.69 Å². The third kappa shape index (κ3) is 1.87. The summed E-state index contributed by atoms with van der Waals surface area (Å²) in [6, 6.07) is 6.77. The van der Waals surface area contributed by atoms with Crippen LogP contribution in [0.25, 0.3) is 0 Å². The number of carbonyl (C=O) groups is 3. The largest absolute Gasteiger partial charge is 0.464 e. The summed E-state index contributed by atoms with van der Waals surface area (Å²) in [6.07, 6.45) is 0. The number of imide groups is 1. The van der Waals surface area contributed by atoms with Crippen LogP contribution in [0.15, 0.2) is 33.8 Å². The molecule has 0 aromatic heterocycles. The molecule has 3 rings (SSSR count). The SMILES string of the molecule is COC(=O)C1=NNC2(C)C(=O)N(c3ccc(Br)cc3)C(=O)C12. The summed E-state index contributed by atoms with van der Waals surface area (Å²) in [5.41, 5.74) is 1.71. The van der Waals surface area contributed by atoms with Crippen LogP contribution < -0.4 is 10.3 Å². The number of methoxy groups -OCH3 is 1. The molecule has 2 aliphatic rings. The van der Waals surface area contributed by atoms with Crippen molar-refractivity contribution in [1.29, 1.82) is 0 Å². The molecular formula is C14H12BrN3O4. The van der Waals surface area contributed by atoms with E-state index < -0.39 is 29.2 Å². The van der Waals surface area contributed by atoms with Gasteiger partial charge >= 0.3 is 5.97 Å². The van der Waals surface area contributed by atoms with Gasteiger partial charge in [-0.15, -0.1) is 0 Å². The number of amides is 2. The number of nitrogens with zero attached hydrogens (tertiary/aromatic N) is 2. The van der Waals surface area contributed by atoms with Crippen LogP contribution in [-0.4, -0.2) is 36.1 Å². The van der Waals surface area contributed by atoms with Gasteiger partial charge in [-0.05, 0) is 31.2 Å². The van der Waals surface area contributed by atoms with Gasteiger partial charge < -0.3 is 4.74 Å². The molecule has 1 aromatic rings. The van der Waals surface area contributed by atoms with E-state index in [9.17, 15) is 14.4 Å². The van der Waals surface area contributed by atoms with E-state index in [1.165, 1.54) is 7.11 Å². The van der Waals surface area contributed by atoms with Crippen molar-refractivity contribution in [2.24, 2.45) is 11.0 Å². The highest BCUT2D eigenvalue weighted by molar-refractivity contribution is 9.10. The molecule has 2 heterocycles. The zero-order valence-corrected chi connectivity index (χ0v) is 13.4. The van der Waals surface area contributed by atoms with E-state index in [0.717, 1.165) is 9.37 Å². The van der Waals surface area contributed by atoms with E-state index in [4.69, 9.17) is 0 Å². The predicted molar refractivity (Wildman–Crippen MR) is 81.1 cm³/mol. The first-order valence-electron chi connectivity index (χ1n) is 6.47. The number of anilines is 1. The number of hydrogen-bond donors (Lipinski definition) is 1. The van der Waals surface area contributed by atoms with Crippen molar-refractivity contribution in [3.05, 3.63) is 28.7 Å². The van der Waals surface area contributed by atoms with Gasteiger partial charge in [-0.25, -0.2) is 9.69 Å². The fourth-order valence-corrected chi connectivity index (χ4v) is 2.94. The van der Waals surface area contributed by atoms with Crippen LogP contribution in [0.2, 0.25) is 0 Å². The molecule has 0 aliphatic carbocycles. The van der Waals surface area contributed by atoms with Gasteiger partial charge in [0.2, 0.25) is 5.91 Å². The van der Waals surface area contributed by atoms with Gasteiger partial charge in [0.1, 0.15) is 11.5 Å². The number of hydrazone groups is 1. The van der Waals surface area contributed by atoms with Crippen LogP contribution in [0.3, 0.4) is 0 Å². The van der Waals surface area contributed by atoms with E-state index in [1.807, 2.05) is 0 Å². The number of rotatable bonds is 2. The quantitative estimate of drug-likeness (QED) is 0.619. The van der Waals surface area contributed by atoms with Crippen LogP contribution in [0, 0.1) is 5.92 Å². The first-order valence-corrected chi connectivity index (χ1v) is 7.26. The highest BCUT2D eigenvalue weighted by Crippen LogP contribution is 2.38. The Bertz CT molecular complexity index is 715. The van der Waals surface area contributed by atoms with Crippen molar-refractivity contribution in [3.63, 3.8) is 0 Å². The maximum Gasteiger partial charge on any atom is 0.355 e. The molecule has 1 saturated heterocycles. The molecule has 2 aliphatic heterocycles. The molecule has 2 atom stereocenters. The summed E-state index contributed by atoms with van der Waals surface area (Å²) in [6.45, 7) is 1.55. The molecule has 8 heteroatoms. The van der Waals surface area contributed by atoms with Crippen molar-refractivity contribution in [3.8, 4) is 0 Å². The number of fused-ring (bicyclic) bond motifs is 1. The minimum Gasteiger partial charge on any atom is -0.464 e.